The first-order valence-electron chi connectivity index (χ1n) is 10.0. The van der Waals surface area contributed by atoms with Crippen molar-refractivity contribution in [3.05, 3.63) is 73.5 Å². The Bertz CT molecular complexity index is 1220. The van der Waals surface area contributed by atoms with Crippen LogP contribution in [0, 0.1) is 44.7 Å². The number of nitro groups is 1. The second-order valence-electron chi connectivity index (χ2n) is 7.87. The summed E-state index contributed by atoms with van der Waals surface area (Å²) in [5, 5.41) is 19.0. The molecule has 1 heterocycles. The van der Waals surface area contributed by atoms with Crippen molar-refractivity contribution in [2.45, 2.75) is 47.6 Å². The smallest absolute Gasteiger partial charge is 0.275 e. The van der Waals surface area contributed by atoms with Crippen LogP contribution in [0.1, 0.15) is 41.0 Å². The second-order valence-corrected chi connectivity index (χ2v) is 8.25. The number of nitrogens with one attached hydrogen (secondary N) is 1. The van der Waals surface area contributed by atoms with E-state index in [1.165, 1.54) is 16.8 Å². The van der Waals surface area contributed by atoms with Crippen LogP contribution in [0.5, 0.6) is 11.5 Å². The van der Waals surface area contributed by atoms with Gasteiger partial charge in [-0.2, -0.15) is 5.10 Å². The topological polar surface area (TPSA) is 99.3 Å². The lowest BCUT2D eigenvalue weighted by Crippen LogP contribution is -2.25. The van der Waals surface area contributed by atoms with Crippen LogP contribution in [0.4, 0.5) is 11.4 Å². The van der Waals surface area contributed by atoms with Gasteiger partial charge < -0.3 is 10.1 Å². The molecule has 1 aromatic heterocycles. The number of halogens is 1. The molecule has 0 bridgehead atoms. The van der Waals surface area contributed by atoms with E-state index in [0.29, 0.717) is 22.2 Å². The molecular formula is C23H25ClN4O4. The van der Waals surface area contributed by atoms with Gasteiger partial charge in [0.2, 0.25) is 5.91 Å². The Morgan fingerprint density at radius 1 is 1.16 bits per heavy atom. The van der Waals surface area contributed by atoms with Gasteiger partial charge in [-0.25, -0.2) is 0 Å². The zero-order valence-corrected chi connectivity index (χ0v) is 19.6. The van der Waals surface area contributed by atoms with Gasteiger partial charge in [-0.15, -0.1) is 0 Å². The highest BCUT2D eigenvalue weighted by Crippen LogP contribution is 2.33. The van der Waals surface area contributed by atoms with Crippen molar-refractivity contribution < 1.29 is 14.5 Å². The van der Waals surface area contributed by atoms with Crippen molar-refractivity contribution in [3.8, 4) is 11.5 Å². The first kappa shape index (κ1) is 23.3. The predicted molar refractivity (Wildman–Crippen MR) is 124 cm³/mol. The number of carbonyl (C=O) groups excluding carboxylic acids is 1. The van der Waals surface area contributed by atoms with Gasteiger partial charge >= 0.3 is 0 Å². The van der Waals surface area contributed by atoms with E-state index in [2.05, 4.69) is 10.4 Å². The summed E-state index contributed by atoms with van der Waals surface area (Å²) in [6.45, 7) is 11.1. The number of anilines is 1. The maximum absolute atomic E-state index is 12.9. The van der Waals surface area contributed by atoms with E-state index in [-0.39, 0.29) is 23.0 Å². The zero-order valence-electron chi connectivity index (χ0n) is 18.8. The molecule has 0 saturated heterocycles. The molecule has 0 aliphatic carbocycles. The van der Waals surface area contributed by atoms with Crippen molar-refractivity contribution >= 4 is 28.9 Å². The number of ether oxygens (including phenoxy) is 1. The molecule has 1 unspecified atom stereocenters. The van der Waals surface area contributed by atoms with Crippen LogP contribution in [0.25, 0.3) is 0 Å². The number of nitrogens with zero attached hydrogens (tertiary/aromatic N) is 3. The molecule has 0 aliphatic heterocycles. The fraction of sp³-hybridized carbons (Fsp3) is 0.304. The van der Waals surface area contributed by atoms with Crippen molar-refractivity contribution in [3.63, 3.8) is 0 Å². The minimum absolute atomic E-state index is 0.193. The average Bonchev–Trinajstić information content (AvgIpc) is 2.98. The quantitative estimate of drug-likeness (QED) is 0.363. The Morgan fingerprint density at radius 3 is 2.44 bits per heavy atom. The lowest BCUT2D eigenvalue weighted by atomic mass is 10.1. The van der Waals surface area contributed by atoms with Crippen LogP contribution in [-0.4, -0.2) is 20.6 Å². The molecule has 0 radical (unpaired) electrons. The van der Waals surface area contributed by atoms with Gasteiger partial charge in [0, 0.05) is 12.1 Å². The average molecular weight is 457 g/mol. The third kappa shape index (κ3) is 4.75. The summed E-state index contributed by atoms with van der Waals surface area (Å²) in [6.07, 6.45) is 0. The molecule has 1 amide bonds. The highest BCUT2D eigenvalue weighted by atomic mass is 35.5. The molecule has 8 nitrogen and oxygen atoms in total. The van der Waals surface area contributed by atoms with Crippen molar-refractivity contribution in [2.75, 3.05) is 5.32 Å². The summed E-state index contributed by atoms with van der Waals surface area (Å²) >= 11 is 6.19. The van der Waals surface area contributed by atoms with E-state index in [4.69, 9.17) is 16.3 Å². The molecule has 32 heavy (non-hydrogen) atoms. The number of hydrogen-bond donors (Lipinski definition) is 1. The summed E-state index contributed by atoms with van der Waals surface area (Å²) in [5.41, 5.74) is 4.35. The van der Waals surface area contributed by atoms with Gasteiger partial charge in [0.15, 0.2) is 0 Å². The minimum atomic E-state index is -0.675. The third-order valence-corrected chi connectivity index (χ3v) is 5.89. The summed E-state index contributed by atoms with van der Waals surface area (Å²) in [7, 11) is 0. The second kappa shape index (κ2) is 9.00. The Morgan fingerprint density at radius 2 is 1.84 bits per heavy atom. The Hall–Kier alpha value is -3.39. The Balaban J connectivity index is 1.91. The minimum Gasteiger partial charge on any atom is -0.457 e. The van der Waals surface area contributed by atoms with Gasteiger partial charge in [0.05, 0.1) is 33.1 Å². The van der Waals surface area contributed by atoms with E-state index in [0.717, 1.165) is 16.7 Å². The monoisotopic (exact) mass is 456 g/mol. The van der Waals surface area contributed by atoms with Gasteiger partial charge in [-0.3, -0.25) is 19.6 Å². The van der Waals surface area contributed by atoms with Crippen LogP contribution in [0.15, 0.2) is 30.3 Å². The van der Waals surface area contributed by atoms with Crippen molar-refractivity contribution in [2.24, 2.45) is 0 Å². The van der Waals surface area contributed by atoms with Crippen LogP contribution < -0.4 is 10.1 Å². The number of aromatic nitrogens is 2. The normalized spacial score (nSPS) is 11.8. The van der Waals surface area contributed by atoms with Gasteiger partial charge in [-0.1, -0.05) is 17.7 Å². The summed E-state index contributed by atoms with van der Waals surface area (Å²) in [6, 6.07) is 7.41. The third-order valence-electron chi connectivity index (χ3n) is 5.34. The number of benzene rings is 2. The van der Waals surface area contributed by atoms with Crippen LogP contribution in [0.2, 0.25) is 5.02 Å². The number of rotatable bonds is 6. The number of amides is 1. The van der Waals surface area contributed by atoms with Crippen LogP contribution in [0.3, 0.4) is 0 Å². The number of non-ortho nitro benzene ring substituents is 1. The lowest BCUT2D eigenvalue weighted by molar-refractivity contribution is -0.384. The van der Waals surface area contributed by atoms with Gasteiger partial charge in [0.25, 0.3) is 5.69 Å². The summed E-state index contributed by atoms with van der Waals surface area (Å²) in [4.78, 5) is 23.8. The van der Waals surface area contributed by atoms with E-state index in [1.807, 2.05) is 32.9 Å². The molecule has 168 valence electrons. The number of carbonyl (C=O) groups is 1. The first-order valence-corrected chi connectivity index (χ1v) is 10.4. The molecule has 0 aliphatic rings. The molecule has 0 fully saturated rings. The van der Waals surface area contributed by atoms with E-state index in [9.17, 15) is 14.9 Å². The molecule has 0 spiro atoms. The zero-order chi connectivity index (χ0) is 23.7. The number of hydrogen-bond acceptors (Lipinski definition) is 5. The van der Waals surface area contributed by atoms with Crippen molar-refractivity contribution in [1.29, 1.82) is 0 Å². The molecule has 3 rings (SSSR count). The molecule has 2 aromatic carbocycles. The Labute approximate surface area is 191 Å². The molecule has 1 atom stereocenters. The molecule has 0 saturated carbocycles. The van der Waals surface area contributed by atoms with Crippen LogP contribution >= 0.6 is 11.6 Å². The maximum Gasteiger partial charge on any atom is 0.275 e. The fourth-order valence-corrected chi connectivity index (χ4v) is 3.56. The van der Waals surface area contributed by atoms with Gasteiger partial charge in [-0.05, 0) is 64.3 Å². The van der Waals surface area contributed by atoms with Crippen molar-refractivity contribution in [1.82, 2.24) is 9.78 Å². The standard InChI is InChI=1S/C23H25ClN4O4/c1-12-7-13(2)14(3)21(8-12)32-20-10-18(9-19(11-20)28(30)31)25-23(29)17(6)27-16(5)22(24)15(4)26-27/h7-11,17H,1-6H3,(H,25,29). The first-order chi connectivity index (χ1) is 15.0. The summed E-state index contributed by atoms with van der Waals surface area (Å²) in [5.74, 6) is 0.469. The van der Waals surface area contributed by atoms with E-state index < -0.39 is 11.0 Å². The van der Waals surface area contributed by atoms with Gasteiger partial charge in [0.1, 0.15) is 17.5 Å². The Kier molecular flexibility index (Phi) is 6.55. The lowest BCUT2D eigenvalue weighted by Gasteiger charge is -2.16. The van der Waals surface area contributed by atoms with Crippen LogP contribution in [-0.2, 0) is 4.79 Å². The number of aryl methyl sites for hydroxylation is 3. The summed E-state index contributed by atoms with van der Waals surface area (Å²) < 4.78 is 7.50. The molecule has 9 heteroatoms. The molecular weight excluding hydrogens is 432 g/mol. The largest absolute Gasteiger partial charge is 0.457 e. The number of nitro benzene ring substituents is 1. The fourth-order valence-electron chi connectivity index (χ4n) is 3.43. The van der Waals surface area contributed by atoms with E-state index >= 15 is 0 Å². The maximum atomic E-state index is 12.9. The molecule has 3 aromatic rings. The predicted octanol–water partition coefficient (Wildman–Crippen LogP) is 5.98. The highest BCUT2D eigenvalue weighted by Gasteiger charge is 2.22. The highest BCUT2D eigenvalue weighted by molar-refractivity contribution is 6.31. The van der Waals surface area contributed by atoms with E-state index in [1.54, 1.807) is 26.8 Å². The SMILES string of the molecule is Cc1cc(C)c(C)c(Oc2cc(NC(=O)C(C)n3nc(C)c(Cl)c3C)cc([N+](=O)[O-])c2)c1. The molecule has 1 N–H and O–H groups in total.